The molecule has 1 saturated heterocycles. The third-order valence-electron chi connectivity index (χ3n) is 2.03. The van der Waals surface area contributed by atoms with Gasteiger partial charge in [-0.05, 0) is 6.92 Å². The minimum atomic E-state index is -0.414. The van der Waals surface area contributed by atoms with Crippen molar-refractivity contribution in [3.05, 3.63) is 0 Å². The molecule has 0 amide bonds. The first-order valence-electron chi connectivity index (χ1n) is 4.77. The van der Waals surface area contributed by atoms with Gasteiger partial charge in [-0.15, -0.1) is 0 Å². The molecule has 2 unspecified atom stereocenters. The predicted molar refractivity (Wildman–Crippen MR) is 56.7 cm³/mol. The molecule has 0 aliphatic carbocycles. The van der Waals surface area contributed by atoms with E-state index in [1.54, 1.807) is 18.7 Å². The summed E-state index contributed by atoms with van der Waals surface area (Å²) in [6.07, 6.45) is 0. The second kappa shape index (κ2) is 5.97. The van der Waals surface area contributed by atoms with Crippen LogP contribution < -0.4 is 5.32 Å². The number of rotatable bonds is 3. The standard InChI is InChI=1S/C9H15NO4S/c1-3-14-9(12)7-5-15-4-6(10-7)8(11)13-2/h6-7,10H,3-5H2,1-2H3. The highest BCUT2D eigenvalue weighted by molar-refractivity contribution is 7.99. The Morgan fingerprint density at radius 1 is 1.33 bits per heavy atom. The monoisotopic (exact) mass is 233 g/mol. The van der Waals surface area contributed by atoms with Crippen molar-refractivity contribution in [3.8, 4) is 0 Å². The van der Waals surface area contributed by atoms with E-state index in [-0.39, 0.29) is 11.9 Å². The van der Waals surface area contributed by atoms with E-state index in [0.29, 0.717) is 18.1 Å². The molecular formula is C9H15NO4S. The summed E-state index contributed by atoms with van der Waals surface area (Å²) < 4.78 is 9.49. The fraction of sp³-hybridized carbons (Fsp3) is 0.778. The van der Waals surface area contributed by atoms with Crippen LogP contribution in [0.1, 0.15) is 6.92 Å². The van der Waals surface area contributed by atoms with Crippen molar-refractivity contribution in [1.29, 1.82) is 0 Å². The minimum absolute atomic E-state index is 0.307. The number of carbonyl (C=O) groups is 2. The summed E-state index contributed by atoms with van der Waals surface area (Å²) in [5, 5.41) is 2.92. The van der Waals surface area contributed by atoms with Crippen molar-refractivity contribution in [3.63, 3.8) is 0 Å². The second-order valence-corrected chi connectivity index (χ2v) is 4.16. The van der Waals surface area contributed by atoms with Crippen molar-refractivity contribution >= 4 is 23.7 Å². The molecule has 0 spiro atoms. The van der Waals surface area contributed by atoms with Gasteiger partial charge in [-0.2, -0.15) is 11.8 Å². The van der Waals surface area contributed by atoms with E-state index in [9.17, 15) is 9.59 Å². The van der Waals surface area contributed by atoms with Crippen LogP contribution in [0.15, 0.2) is 0 Å². The molecule has 1 aliphatic heterocycles. The first kappa shape index (κ1) is 12.3. The minimum Gasteiger partial charge on any atom is -0.468 e. The summed E-state index contributed by atoms with van der Waals surface area (Å²) in [6, 6.07) is -0.823. The van der Waals surface area contributed by atoms with Crippen LogP contribution >= 0.6 is 11.8 Å². The molecule has 1 heterocycles. The zero-order valence-corrected chi connectivity index (χ0v) is 9.63. The number of ether oxygens (including phenoxy) is 2. The van der Waals surface area contributed by atoms with Gasteiger partial charge in [0, 0.05) is 11.5 Å². The van der Waals surface area contributed by atoms with E-state index >= 15 is 0 Å². The number of methoxy groups -OCH3 is 1. The summed E-state index contributed by atoms with van der Waals surface area (Å²) in [5.41, 5.74) is 0. The Labute approximate surface area is 92.9 Å². The average molecular weight is 233 g/mol. The molecule has 0 aromatic heterocycles. The number of hydrogen-bond acceptors (Lipinski definition) is 6. The molecule has 0 aromatic rings. The van der Waals surface area contributed by atoms with Crippen LogP contribution in [0.25, 0.3) is 0 Å². The van der Waals surface area contributed by atoms with Gasteiger partial charge in [0.25, 0.3) is 0 Å². The zero-order valence-electron chi connectivity index (χ0n) is 8.82. The van der Waals surface area contributed by atoms with Gasteiger partial charge < -0.3 is 9.47 Å². The van der Waals surface area contributed by atoms with Crippen molar-refractivity contribution in [1.82, 2.24) is 5.32 Å². The van der Waals surface area contributed by atoms with Gasteiger partial charge in [0.2, 0.25) is 0 Å². The quantitative estimate of drug-likeness (QED) is 0.681. The van der Waals surface area contributed by atoms with Gasteiger partial charge in [0.05, 0.1) is 13.7 Å². The molecule has 2 atom stereocenters. The number of thioether (sulfide) groups is 1. The molecule has 0 radical (unpaired) electrons. The average Bonchev–Trinajstić information content (AvgIpc) is 2.28. The Morgan fingerprint density at radius 2 is 1.93 bits per heavy atom. The molecule has 6 heteroatoms. The van der Waals surface area contributed by atoms with Crippen molar-refractivity contribution in [2.45, 2.75) is 19.0 Å². The van der Waals surface area contributed by atoms with Crippen LogP contribution in [-0.4, -0.2) is 49.2 Å². The van der Waals surface area contributed by atoms with Crippen LogP contribution in [0.5, 0.6) is 0 Å². The van der Waals surface area contributed by atoms with E-state index in [1.807, 2.05) is 0 Å². The molecule has 15 heavy (non-hydrogen) atoms. The summed E-state index contributed by atoms with van der Waals surface area (Å²) in [5.74, 6) is 0.615. The summed E-state index contributed by atoms with van der Waals surface area (Å²) in [6.45, 7) is 2.11. The second-order valence-electron chi connectivity index (χ2n) is 3.08. The third kappa shape index (κ3) is 3.39. The first-order valence-corrected chi connectivity index (χ1v) is 5.92. The van der Waals surface area contributed by atoms with Gasteiger partial charge in [0.1, 0.15) is 12.1 Å². The Balaban J connectivity index is 2.48. The van der Waals surface area contributed by atoms with Crippen LogP contribution in [0.3, 0.4) is 0 Å². The van der Waals surface area contributed by atoms with Crippen molar-refractivity contribution in [2.75, 3.05) is 25.2 Å². The van der Waals surface area contributed by atoms with Crippen molar-refractivity contribution < 1.29 is 19.1 Å². The molecule has 86 valence electrons. The highest BCUT2D eigenvalue weighted by Crippen LogP contribution is 2.14. The maximum atomic E-state index is 11.4. The van der Waals surface area contributed by atoms with Crippen LogP contribution in [-0.2, 0) is 19.1 Å². The largest absolute Gasteiger partial charge is 0.468 e. The maximum Gasteiger partial charge on any atom is 0.324 e. The lowest BCUT2D eigenvalue weighted by molar-refractivity contribution is -0.147. The summed E-state index contributed by atoms with van der Waals surface area (Å²) in [4.78, 5) is 22.6. The lowest BCUT2D eigenvalue weighted by atomic mass is 10.2. The molecule has 1 N–H and O–H groups in total. The Morgan fingerprint density at radius 3 is 2.47 bits per heavy atom. The van der Waals surface area contributed by atoms with Gasteiger partial charge in [-0.3, -0.25) is 14.9 Å². The zero-order chi connectivity index (χ0) is 11.3. The maximum absolute atomic E-state index is 11.4. The van der Waals surface area contributed by atoms with Gasteiger partial charge >= 0.3 is 11.9 Å². The molecule has 5 nitrogen and oxygen atoms in total. The number of nitrogens with one attached hydrogen (secondary N) is 1. The van der Waals surface area contributed by atoms with E-state index in [4.69, 9.17) is 4.74 Å². The Kier molecular flexibility index (Phi) is 4.90. The fourth-order valence-electron chi connectivity index (χ4n) is 1.30. The lowest BCUT2D eigenvalue weighted by Crippen LogP contribution is -2.53. The number of esters is 2. The van der Waals surface area contributed by atoms with E-state index in [1.165, 1.54) is 7.11 Å². The SMILES string of the molecule is CCOC(=O)C1CSCC(C(=O)OC)N1. The van der Waals surface area contributed by atoms with Gasteiger partial charge in [-0.25, -0.2) is 0 Å². The van der Waals surface area contributed by atoms with Crippen LogP contribution in [0.4, 0.5) is 0 Å². The van der Waals surface area contributed by atoms with Crippen LogP contribution in [0.2, 0.25) is 0 Å². The summed E-state index contributed by atoms with van der Waals surface area (Å²) in [7, 11) is 1.34. The fourth-order valence-corrected chi connectivity index (χ4v) is 2.37. The molecule has 0 saturated carbocycles. The number of carbonyl (C=O) groups excluding carboxylic acids is 2. The van der Waals surface area contributed by atoms with E-state index in [2.05, 4.69) is 10.1 Å². The van der Waals surface area contributed by atoms with Crippen molar-refractivity contribution in [2.24, 2.45) is 0 Å². The highest BCUT2D eigenvalue weighted by Gasteiger charge is 2.31. The third-order valence-corrected chi connectivity index (χ3v) is 3.17. The van der Waals surface area contributed by atoms with E-state index < -0.39 is 12.1 Å². The molecule has 1 rings (SSSR count). The van der Waals surface area contributed by atoms with Gasteiger partial charge in [0.15, 0.2) is 0 Å². The topological polar surface area (TPSA) is 64.6 Å². The summed E-state index contributed by atoms with van der Waals surface area (Å²) >= 11 is 1.54. The highest BCUT2D eigenvalue weighted by atomic mass is 32.2. The normalized spacial score (nSPS) is 25.7. The molecule has 1 aliphatic rings. The molecule has 0 bridgehead atoms. The predicted octanol–water partition coefficient (Wildman–Crippen LogP) is -0.204. The van der Waals surface area contributed by atoms with E-state index in [0.717, 1.165) is 0 Å². The molecule has 1 fully saturated rings. The molecular weight excluding hydrogens is 218 g/mol. The van der Waals surface area contributed by atoms with Gasteiger partial charge in [-0.1, -0.05) is 0 Å². The Bertz CT molecular complexity index is 246. The molecule has 0 aromatic carbocycles. The Hall–Kier alpha value is -0.750. The number of hydrogen-bond donors (Lipinski definition) is 1. The first-order chi connectivity index (χ1) is 7.19. The van der Waals surface area contributed by atoms with Crippen LogP contribution in [0, 0.1) is 0 Å². The smallest absolute Gasteiger partial charge is 0.324 e. The lowest BCUT2D eigenvalue weighted by Gasteiger charge is -2.27.